The second-order valence-corrected chi connectivity index (χ2v) is 8.54. The van der Waals surface area contributed by atoms with Crippen LogP contribution in [-0.2, 0) is 0 Å². The molecule has 30 heavy (non-hydrogen) atoms. The van der Waals surface area contributed by atoms with Gasteiger partial charge in [0.1, 0.15) is 5.52 Å². The van der Waals surface area contributed by atoms with Crippen LogP contribution >= 0.6 is 0 Å². The lowest BCUT2D eigenvalue weighted by molar-refractivity contribution is -0.0230. The van der Waals surface area contributed by atoms with E-state index in [9.17, 15) is 5.11 Å². The molecule has 0 atom stereocenters. The van der Waals surface area contributed by atoms with Gasteiger partial charge in [-0.25, -0.2) is 4.52 Å². The molecule has 3 heterocycles. The Bertz CT molecular complexity index is 1220. The van der Waals surface area contributed by atoms with Gasteiger partial charge in [0, 0.05) is 29.4 Å². The maximum atomic E-state index is 10.1. The van der Waals surface area contributed by atoms with Crippen LogP contribution in [0.15, 0.2) is 48.8 Å². The lowest BCUT2D eigenvalue weighted by Crippen LogP contribution is -2.46. The van der Waals surface area contributed by atoms with E-state index >= 15 is 0 Å². The molecular weight excluding hydrogens is 378 g/mol. The number of aromatic nitrogens is 4. The van der Waals surface area contributed by atoms with E-state index in [4.69, 9.17) is 4.74 Å². The van der Waals surface area contributed by atoms with Crippen molar-refractivity contribution in [3.63, 3.8) is 0 Å². The number of ether oxygens (including phenoxy) is 1. The zero-order valence-corrected chi connectivity index (χ0v) is 17.3. The van der Waals surface area contributed by atoms with Gasteiger partial charge in [-0.15, -0.1) is 5.10 Å². The quantitative estimate of drug-likeness (QED) is 0.526. The van der Waals surface area contributed by atoms with Crippen LogP contribution in [0.2, 0.25) is 0 Å². The highest BCUT2D eigenvalue weighted by Gasteiger charge is 2.39. The van der Waals surface area contributed by atoms with Gasteiger partial charge in [0.05, 0.1) is 18.2 Å². The molecule has 1 fully saturated rings. The maximum Gasteiger partial charge on any atom is 0.244 e. The first-order chi connectivity index (χ1) is 14.4. The molecule has 2 N–H and O–H groups in total. The van der Waals surface area contributed by atoms with E-state index in [1.165, 1.54) is 0 Å². The Hall–Kier alpha value is -3.19. The van der Waals surface area contributed by atoms with Gasteiger partial charge in [-0.2, -0.15) is 4.98 Å². The third kappa shape index (κ3) is 3.25. The van der Waals surface area contributed by atoms with E-state index in [1.54, 1.807) is 13.3 Å². The molecule has 5 rings (SSSR count). The number of hydrogen-bond acceptors (Lipinski definition) is 6. The fourth-order valence-electron chi connectivity index (χ4n) is 4.17. The Kier molecular flexibility index (Phi) is 4.36. The van der Waals surface area contributed by atoms with E-state index < -0.39 is 5.60 Å². The molecule has 7 nitrogen and oxygen atoms in total. The number of aliphatic hydroxyl groups is 1. The van der Waals surface area contributed by atoms with Crippen molar-refractivity contribution in [1.82, 2.24) is 19.6 Å². The largest absolute Gasteiger partial charge is 0.479 e. The smallest absolute Gasteiger partial charge is 0.244 e. The molecule has 0 saturated heterocycles. The Morgan fingerprint density at radius 3 is 2.80 bits per heavy atom. The highest BCUT2D eigenvalue weighted by molar-refractivity contribution is 5.90. The number of fused-ring (bicyclic) bond motifs is 2. The molecule has 0 unspecified atom stereocenters. The van der Waals surface area contributed by atoms with Gasteiger partial charge in [0.2, 0.25) is 11.8 Å². The van der Waals surface area contributed by atoms with Crippen molar-refractivity contribution in [2.24, 2.45) is 5.92 Å². The lowest BCUT2D eigenvalue weighted by atomic mass is 9.71. The average Bonchev–Trinajstić information content (AvgIpc) is 3.12. The first-order valence-corrected chi connectivity index (χ1v) is 10.2. The van der Waals surface area contributed by atoms with Crippen molar-refractivity contribution in [3.8, 4) is 17.0 Å². The third-order valence-corrected chi connectivity index (χ3v) is 6.06. The van der Waals surface area contributed by atoms with Crippen LogP contribution in [0.4, 0.5) is 5.95 Å². The molecule has 3 aromatic heterocycles. The van der Waals surface area contributed by atoms with Crippen LogP contribution in [0.25, 0.3) is 27.5 Å². The highest BCUT2D eigenvalue weighted by Crippen LogP contribution is 2.38. The number of methoxy groups -OCH3 is 1. The van der Waals surface area contributed by atoms with Crippen LogP contribution in [0.3, 0.4) is 0 Å². The predicted octanol–water partition coefficient (Wildman–Crippen LogP) is 3.91. The minimum absolute atomic E-state index is 0.256. The summed E-state index contributed by atoms with van der Waals surface area (Å²) >= 11 is 0. The molecule has 4 aromatic rings. The minimum atomic E-state index is -0.647. The molecule has 1 aliphatic carbocycles. The number of anilines is 1. The number of nitrogens with zero attached hydrogens (tertiary/aromatic N) is 4. The summed E-state index contributed by atoms with van der Waals surface area (Å²) in [5, 5.41) is 19.2. The van der Waals surface area contributed by atoms with Crippen LogP contribution in [-0.4, -0.2) is 43.4 Å². The van der Waals surface area contributed by atoms with Crippen molar-refractivity contribution in [2.75, 3.05) is 12.4 Å². The van der Waals surface area contributed by atoms with E-state index in [-0.39, 0.29) is 6.04 Å². The predicted molar refractivity (Wildman–Crippen MR) is 117 cm³/mol. The van der Waals surface area contributed by atoms with Gasteiger partial charge in [0.15, 0.2) is 0 Å². The van der Waals surface area contributed by atoms with Crippen LogP contribution < -0.4 is 10.1 Å². The monoisotopic (exact) mass is 403 g/mol. The Labute approximate surface area is 174 Å². The molecule has 0 radical (unpaired) electrons. The fraction of sp³-hybridized carbons (Fsp3) is 0.348. The van der Waals surface area contributed by atoms with Gasteiger partial charge < -0.3 is 15.2 Å². The van der Waals surface area contributed by atoms with Crippen LogP contribution in [0.5, 0.6) is 5.88 Å². The summed E-state index contributed by atoms with van der Waals surface area (Å²) in [4.78, 5) is 9.00. The summed E-state index contributed by atoms with van der Waals surface area (Å²) in [6.45, 7) is 3.73. The molecule has 1 aromatic carbocycles. The van der Waals surface area contributed by atoms with Gasteiger partial charge in [0.25, 0.3) is 0 Å². The van der Waals surface area contributed by atoms with Crippen molar-refractivity contribution in [1.29, 1.82) is 0 Å². The Balaban J connectivity index is 1.47. The fourth-order valence-corrected chi connectivity index (χ4v) is 4.17. The van der Waals surface area contributed by atoms with Gasteiger partial charge >= 0.3 is 0 Å². The zero-order valence-electron chi connectivity index (χ0n) is 17.3. The number of pyridine rings is 1. The second kappa shape index (κ2) is 6.95. The molecular formula is C23H25N5O2. The summed E-state index contributed by atoms with van der Waals surface area (Å²) in [5.41, 5.74) is 3.21. The number of rotatable bonds is 5. The molecule has 154 valence electrons. The summed E-state index contributed by atoms with van der Waals surface area (Å²) < 4.78 is 7.43. The summed E-state index contributed by atoms with van der Waals surface area (Å²) in [7, 11) is 1.63. The molecule has 1 saturated carbocycles. The van der Waals surface area contributed by atoms with E-state index in [0.29, 0.717) is 17.7 Å². The first-order valence-electron chi connectivity index (χ1n) is 10.2. The van der Waals surface area contributed by atoms with Gasteiger partial charge in [-0.1, -0.05) is 12.1 Å². The summed E-state index contributed by atoms with van der Waals surface area (Å²) in [5.74, 6) is 1.35. The highest BCUT2D eigenvalue weighted by atomic mass is 16.5. The van der Waals surface area contributed by atoms with E-state index in [0.717, 1.165) is 40.4 Å². The standard InChI is InChI=1S/C23H25N5O2/c1-23(2,29)16-12-17(13-16)25-22-26-21(30-3)20-18(8-10-28(20)27-22)14-6-7-19-15(11-14)5-4-9-24-19/h4-11,16-17,29H,12-13H2,1-3H3,(H,25,27). The van der Waals surface area contributed by atoms with Crippen molar-refractivity contribution < 1.29 is 9.84 Å². The number of nitrogens with one attached hydrogen (secondary N) is 1. The maximum absolute atomic E-state index is 10.1. The molecule has 0 amide bonds. The molecule has 0 bridgehead atoms. The number of hydrogen-bond donors (Lipinski definition) is 2. The zero-order chi connectivity index (χ0) is 20.9. The van der Waals surface area contributed by atoms with E-state index in [1.807, 2.05) is 42.8 Å². The molecule has 1 aliphatic rings. The van der Waals surface area contributed by atoms with Crippen molar-refractivity contribution in [2.45, 2.75) is 38.3 Å². The Morgan fingerprint density at radius 1 is 1.20 bits per heavy atom. The van der Waals surface area contributed by atoms with Crippen LogP contribution in [0, 0.1) is 5.92 Å². The third-order valence-electron chi connectivity index (χ3n) is 6.06. The minimum Gasteiger partial charge on any atom is -0.479 e. The topological polar surface area (TPSA) is 84.6 Å². The summed E-state index contributed by atoms with van der Waals surface area (Å²) in [6, 6.07) is 12.5. The van der Waals surface area contributed by atoms with E-state index in [2.05, 4.69) is 38.6 Å². The normalized spacial score (nSPS) is 19.1. The Morgan fingerprint density at radius 2 is 2.03 bits per heavy atom. The average molecular weight is 403 g/mol. The van der Waals surface area contributed by atoms with Crippen molar-refractivity contribution >= 4 is 22.4 Å². The number of benzene rings is 1. The molecule has 7 heteroatoms. The van der Waals surface area contributed by atoms with Crippen molar-refractivity contribution in [3.05, 3.63) is 48.8 Å². The summed E-state index contributed by atoms with van der Waals surface area (Å²) in [6.07, 6.45) is 5.52. The molecule has 0 aliphatic heterocycles. The lowest BCUT2D eigenvalue weighted by Gasteiger charge is -2.42. The van der Waals surface area contributed by atoms with Gasteiger partial charge in [-0.05, 0) is 62.4 Å². The van der Waals surface area contributed by atoms with Gasteiger partial charge in [-0.3, -0.25) is 4.98 Å². The van der Waals surface area contributed by atoms with Crippen LogP contribution in [0.1, 0.15) is 26.7 Å². The SMILES string of the molecule is COc1nc(NC2CC(C(C)(C)O)C2)nn2ccc(-c3ccc4ncccc4c3)c12. The first kappa shape index (κ1) is 18.8. The molecule has 0 spiro atoms. The second-order valence-electron chi connectivity index (χ2n) is 8.54.